The third kappa shape index (κ3) is 4.65. The largest absolute Gasteiger partial charge is 0.392 e. The van der Waals surface area contributed by atoms with Gasteiger partial charge in [-0.05, 0) is 51.9 Å². The summed E-state index contributed by atoms with van der Waals surface area (Å²) in [6, 6.07) is 0.303. The normalized spacial score (nSPS) is 24.1. The molecule has 0 aromatic heterocycles. The fourth-order valence-corrected chi connectivity index (χ4v) is 3.78. The molecule has 4 nitrogen and oxygen atoms in total. The molecule has 0 aliphatic carbocycles. The minimum absolute atomic E-state index is 0.303. The van der Waals surface area contributed by atoms with Gasteiger partial charge in [-0.15, -0.1) is 0 Å². The molecule has 2 rings (SSSR count). The van der Waals surface area contributed by atoms with Gasteiger partial charge in [0.05, 0.1) is 11.0 Å². The molecule has 0 bridgehead atoms. The van der Waals surface area contributed by atoms with Crippen molar-refractivity contribution in [2.75, 3.05) is 52.4 Å². The van der Waals surface area contributed by atoms with Gasteiger partial charge >= 0.3 is 0 Å². The number of likely N-dealkylation sites (tertiary alicyclic amines) is 1. The zero-order valence-corrected chi connectivity index (χ0v) is 13.7. The molecule has 5 heteroatoms. The van der Waals surface area contributed by atoms with Gasteiger partial charge in [-0.3, -0.25) is 4.90 Å². The molecule has 0 radical (unpaired) electrons. The van der Waals surface area contributed by atoms with Gasteiger partial charge in [0.1, 0.15) is 0 Å². The summed E-state index contributed by atoms with van der Waals surface area (Å²) in [5.41, 5.74) is 5.83. The Morgan fingerprint density at radius 3 is 2.05 bits per heavy atom. The van der Waals surface area contributed by atoms with Crippen LogP contribution in [0.15, 0.2) is 0 Å². The highest BCUT2D eigenvalue weighted by atomic mass is 32.1. The van der Waals surface area contributed by atoms with Gasteiger partial charge in [0.25, 0.3) is 0 Å². The molecule has 0 saturated carbocycles. The summed E-state index contributed by atoms with van der Waals surface area (Å²) in [6.07, 6.45) is 5.14. The maximum Gasteiger partial charge on any atom is 0.0901 e. The molecule has 2 heterocycles. The van der Waals surface area contributed by atoms with E-state index < -0.39 is 0 Å². The first-order chi connectivity index (χ1) is 9.70. The van der Waals surface area contributed by atoms with Crippen LogP contribution in [0.4, 0.5) is 0 Å². The average Bonchev–Trinajstić information content (AvgIpc) is 2.94. The Labute approximate surface area is 129 Å². The molecule has 116 valence electrons. The second-order valence-corrected chi connectivity index (χ2v) is 6.58. The Hall–Kier alpha value is -0.230. The Morgan fingerprint density at radius 2 is 1.55 bits per heavy atom. The highest BCUT2D eigenvalue weighted by molar-refractivity contribution is 7.80. The highest BCUT2D eigenvalue weighted by Gasteiger charge is 2.24. The molecule has 0 spiro atoms. The fourth-order valence-electron chi connectivity index (χ4n) is 3.46. The summed E-state index contributed by atoms with van der Waals surface area (Å²) < 4.78 is 0. The first kappa shape index (κ1) is 16.1. The van der Waals surface area contributed by atoms with Crippen molar-refractivity contribution in [2.45, 2.75) is 38.6 Å². The molecule has 0 amide bonds. The van der Waals surface area contributed by atoms with Gasteiger partial charge in [-0.25, -0.2) is 0 Å². The Bertz CT molecular complexity index is 296. The average molecular weight is 299 g/mol. The Balaban J connectivity index is 1.62. The summed E-state index contributed by atoms with van der Waals surface area (Å²) in [5.74, 6) is 0. The molecular formula is C15H30N4S. The highest BCUT2D eigenvalue weighted by Crippen LogP contribution is 2.11. The van der Waals surface area contributed by atoms with Crippen molar-refractivity contribution in [1.29, 1.82) is 0 Å². The molecule has 2 aliphatic rings. The second-order valence-electron chi connectivity index (χ2n) is 6.11. The van der Waals surface area contributed by atoms with Crippen molar-refractivity contribution >= 4 is 17.2 Å². The Kier molecular flexibility index (Phi) is 6.68. The van der Waals surface area contributed by atoms with E-state index in [1.807, 2.05) is 0 Å². The van der Waals surface area contributed by atoms with Crippen molar-refractivity contribution in [3.63, 3.8) is 0 Å². The minimum Gasteiger partial charge on any atom is -0.392 e. The van der Waals surface area contributed by atoms with Crippen molar-refractivity contribution in [3.05, 3.63) is 0 Å². The number of nitrogens with zero attached hydrogens (tertiary/aromatic N) is 3. The summed E-state index contributed by atoms with van der Waals surface area (Å²) >= 11 is 5.17. The first-order valence-electron chi connectivity index (χ1n) is 8.18. The van der Waals surface area contributed by atoms with E-state index in [0.29, 0.717) is 11.0 Å². The first-order valence-corrected chi connectivity index (χ1v) is 8.59. The van der Waals surface area contributed by atoms with E-state index in [0.717, 1.165) is 19.5 Å². The number of piperazine rings is 1. The molecule has 0 aromatic rings. The van der Waals surface area contributed by atoms with E-state index >= 15 is 0 Å². The zero-order valence-electron chi connectivity index (χ0n) is 12.9. The molecular weight excluding hydrogens is 268 g/mol. The Morgan fingerprint density at radius 1 is 1.00 bits per heavy atom. The van der Waals surface area contributed by atoms with Crippen LogP contribution in [0, 0.1) is 0 Å². The quantitative estimate of drug-likeness (QED) is 0.714. The molecule has 1 unspecified atom stereocenters. The maximum atomic E-state index is 5.83. The summed E-state index contributed by atoms with van der Waals surface area (Å²) in [4.78, 5) is 8.32. The van der Waals surface area contributed by atoms with Gasteiger partial charge < -0.3 is 15.5 Å². The van der Waals surface area contributed by atoms with Crippen LogP contribution in [0.2, 0.25) is 0 Å². The van der Waals surface area contributed by atoms with E-state index in [1.165, 1.54) is 58.5 Å². The van der Waals surface area contributed by atoms with E-state index in [1.54, 1.807) is 0 Å². The summed E-state index contributed by atoms with van der Waals surface area (Å²) in [7, 11) is 0. The van der Waals surface area contributed by atoms with E-state index in [-0.39, 0.29) is 0 Å². The molecule has 0 aromatic carbocycles. The van der Waals surface area contributed by atoms with Gasteiger partial charge in [-0.2, -0.15) is 0 Å². The lowest BCUT2D eigenvalue weighted by atomic mass is 10.1. The zero-order chi connectivity index (χ0) is 14.4. The minimum atomic E-state index is 0.303. The van der Waals surface area contributed by atoms with Crippen LogP contribution in [0.3, 0.4) is 0 Å². The van der Waals surface area contributed by atoms with Crippen LogP contribution in [0.1, 0.15) is 32.6 Å². The van der Waals surface area contributed by atoms with E-state index in [9.17, 15) is 0 Å². The third-order valence-electron chi connectivity index (χ3n) is 4.71. The molecule has 2 N–H and O–H groups in total. The van der Waals surface area contributed by atoms with Crippen molar-refractivity contribution in [2.24, 2.45) is 5.73 Å². The molecule has 20 heavy (non-hydrogen) atoms. The smallest absolute Gasteiger partial charge is 0.0901 e. The third-order valence-corrected chi connectivity index (χ3v) is 4.98. The lowest BCUT2D eigenvalue weighted by Crippen LogP contribution is -2.53. The monoisotopic (exact) mass is 298 g/mol. The maximum absolute atomic E-state index is 5.83. The van der Waals surface area contributed by atoms with Gasteiger partial charge in [-0.1, -0.05) is 19.1 Å². The number of thiocarbonyl (C=S) groups is 1. The van der Waals surface area contributed by atoms with Crippen LogP contribution in [-0.2, 0) is 0 Å². The van der Waals surface area contributed by atoms with Crippen molar-refractivity contribution in [1.82, 2.24) is 14.7 Å². The summed E-state index contributed by atoms with van der Waals surface area (Å²) in [6.45, 7) is 11.9. The standard InChI is InChI=1S/C15H30N4S/c1-2-14(15(16)20)19-12-10-18(11-13-19)9-5-8-17-6-3-4-7-17/h14H,2-13H2,1H3,(H2,16,20). The van der Waals surface area contributed by atoms with Crippen LogP contribution >= 0.6 is 12.2 Å². The van der Waals surface area contributed by atoms with Gasteiger partial charge in [0.2, 0.25) is 0 Å². The number of hydrogen-bond donors (Lipinski definition) is 1. The number of hydrogen-bond acceptors (Lipinski definition) is 4. The number of nitrogens with two attached hydrogens (primary N) is 1. The molecule has 2 aliphatic heterocycles. The van der Waals surface area contributed by atoms with Crippen LogP contribution in [-0.4, -0.2) is 78.1 Å². The van der Waals surface area contributed by atoms with Gasteiger partial charge in [0.15, 0.2) is 0 Å². The molecule has 2 fully saturated rings. The van der Waals surface area contributed by atoms with Crippen LogP contribution in [0.5, 0.6) is 0 Å². The predicted octanol–water partition coefficient (Wildman–Crippen LogP) is 1.15. The molecule has 2 saturated heterocycles. The molecule has 1 atom stereocenters. The fraction of sp³-hybridized carbons (Fsp3) is 0.933. The van der Waals surface area contributed by atoms with E-state index in [4.69, 9.17) is 18.0 Å². The van der Waals surface area contributed by atoms with Crippen molar-refractivity contribution < 1.29 is 0 Å². The van der Waals surface area contributed by atoms with Gasteiger partial charge in [0, 0.05) is 26.2 Å². The summed E-state index contributed by atoms with van der Waals surface area (Å²) in [5, 5.41) is 0. The van der Waals surface area contributed by atoms with Crippen LogP contribution < -0.4 is 5.73 Å². The van der Waals surface area contributed by atoms with Crippen LogP contribution in [0.25, 0.3) is 0 Å². The van der Waals surface area contributed by atoms with E-state index in [2.05, 4.69) is 21.6 Å². The van der Waals surface area contributed by atoms with Crippen molar-refractivity contribution in [3.8, 4) is 0 Å². The SMILES string of the molecule is CCC(C(N)=S)N1CCN(CCCN2CCCC2)CC1. The second kappa shape index (κ2) is 8.27. The topological polar surface area (TPSA) is 35.7 Å². The lowest BCUT2D eigenvalue weighted by molar-refractivity contribution is 0.113. The predicted molar refractivity (Wildman–Crippen MR) is 89.2 cm³/mol. The lowest BCUT2D eigenvalue weighted by Gasteiger charge is -2.38. The number of rotatable bonds is 7.